The van der Waals surface area contributed by atoms with Crippen LogP contribution >= 0.6 is 0 Å². The number of aliphatic hydroxyl groups is 4. The van der Waals surface area contributed by atoms with Gasteiger partial charge in [-0.1, -0.05) is 54.9 Å². The van der Waals surface area contributed by atoms with Crippen LogP contribution in [0.4, 0.5) is 0 Å². The van der Waals surface area contributed by atoms with Crippen molar-refractivity contribution in [3.05, 3.63) is 0 Å². The zero-order chi connectivity index (χ0) is 29.5. The van der Waals surface area contributed by atoms with Crippen LogP contribution in [0.5, 0.6) is 0 Å². The Morgan fingerprint density at radius 3 is 1.85 bits per heavy atom. The molecule has 0 saturated heterocycles. The van der Waals surface area contributed by atoms with Crippen LogP contribution in [0.1, 0.15) is 126 Å². The van der Waals surface area contributed by atoms with E-state index in [-0.39, 0.29) is 12.5 Å². The molecule has 40 heavy (non-hydrogen) atoms. The van der Waals surface area contributed by atoms with Crippen molar-refractivity contribution in [1.29, 1.82) is 0 Å². The Hall–Kier alpha value is -0.200. The van der Waals surface area contributed by atoms with Gasteiger partial charge in [-0.05, 0) is 133 Å². The van der Waals surface area contributed by atoms with Gasteiger partial charge in [0.2, 0.25) is 0 Å². The van der Waals surface area contributed by atoms with Gasteiger partial charge in [-0.2, -0.15) is 0 Å². The van der Waals surface area contributed by atoms with Gasteiger partial charge >= 0.3 is 0 Å². The highest BCUT2D eigenvalue weighted by atomic mass is 16.4. The highest BCUT2D eigenvalue weighted by Crippen LogP contribution is 2.78. The molecule has 14 atom stereocenters. The summed E-state index contributed by atoms with van der Waals surface area (Å²) >= 11 is 0. The molecule has 6 N–H and O–H groups in total. The first-order chi connectivity index (χ1) is 18.6. The molecule has 5 fully saturated rings. The minimum atomic E-state index is -1.42. The van der Waals surface area contributed by atoms with Crippen LogP contribution in [0.15, 0.2) is 0 Å². The zero-order valence-electron chi connectivity index (χ0n) is 26.8. The monoisotopic (exact) mass is 561 g/mol. The second kappa shape index (κ2) is 10.5. The third-order valence-corrected chi connectivity index (χ3v) is 15.5. The normalized spacial score (nSPS) is 50.0. The lowest BCUT2D eigenvalue weighted by Gasteiger charge is -2.73. The van der Waals surface area contributed by atoms with Crippen molar-refractivity contribution in [2.24, 2.45) is 68.3 Å². The van der Waals surface area contributed by atoms with Gasteiger partial charge in [0.15, 0.2) is 0 Å². The summed E-state index contributed by atoms with van der Waals surface area (Å²) in [6, 6.07) is 0. The van der Waals surface area contributed by atoms with Gasteiger partial charge in [0.05, 0.1) is 12.2 Å². The molecule has 0 bridgehead atoms. The standard InChI is InChI=1S/C35H63NO4/c1-21(19-24(37)29(39)30(40)25(38)20-36)22-11-16-32(4)23(22)12-17-34(6)27(32)9-10-28-33(5)15-8-14-31(2,3)26(33)13-18-35(28,34)7/h21-30,37-40H,8-20,36H2,1-7H3/t21-,22+,23+,24-,25+,26-,27+,28+,29-,30+,32-,33-,34+,35+/m0/s1. The largest absolute Gasteiger partial charge is 0.390 e. The molecule has 5 nitrogen and oxygen atoms in total. The van der Waals surface area contributed by atoms with E-state index in [1.54, 1.807) is 0 Å². The highest BCUT2D eigenvalue weighted by Gasteiger charge is 2.70. The molecule has 0 heterocycles. The molecule has 5 heteroatoms. The minimum absolute atomic E-state index is 0.138. The lowest BCUT2D eigenvalue weighted by atomic mass is 9.32. The van der Waals surface area contributed by atoms with E-state index >= 15 is 0 Å². The van der Waals surface area contributed by atoms with Gasteiger partial charge in [0.25, 0.3) is 0 Å². The SMILES string of the molecule is C[C@@H](C[C@H](O)[C@H](O)[C@H](O)[C@H](O)CN)[C@H]1CC[C@@]2(C)[C@@H]1CC[C@]1(C)[C@@H]2CC[C@@H]2[C@@]3(C)CCCC(C)(C)[C@@H]3CC[C@]21C. The molecule has 232 valence electrons. The molecule has 5 aliphatic carbocycles. The molecule has 5 rings (SSSR count). The summed E-state index contributed by atoms with van der Waals surface area (Å²) in [6.45, 7) is 18.0. The van der Waals surface area contributed by atoms with Crippen molar-refractivity contribution in [2.45, 2.75) is 150 Å². The van der Waals surface area contributed by atoms with Crippen molar-refractivity contribution >= 4 is 0 Å². The molecule has 5 saturated carbocycles. The van der Waals surface area contributed by atoms with Crippen molar-refractivity contribution in [3.63, 3.8) is 0 Å². The van der Waals surface area contributed by atoms with Crippen LogP contribution in [0, 0.1) is 62.6 Å². The number of hydrogen-bond acceptors (Lipinski definition) is 5. The van der Waals surface area contributed by atoms with Gasteiger partial charge in [0.1, 0.15) is 12.2 Å². The molecular formula is C35H63NO4. The third-order valence-electron chi connectivity index (χ3n) is 15.5. The number of fused-ring (bicyclic) bond motifs is 7. The molecule has 5 aliphatic rings. The van der Waals surface area contributed by atoms with Crippen molar-refractivity contribution < 1.29 is 20.4 Å². The first-order valence-corrected chi connectivity index (χ1v) is 17.0. The second-order valence-corrected chi connectivity index (χ2v) is 17.4. The first-order valence-electron chi connectivity index (χ1n) is 17.0. The summed E-state index contributed by atoms with van der Waals surface area (Å²) < 4.78 is 0. The van der Waals surface area contributed by atoms with Gasteiger partial charge < -0.3 is 26.2 Å². The molecule has 0 radical (unpaired) electrons. The van der Waals surface area contributed by atoms with Gasteiger partial charge in [-0.15, -0.1) is 0 Å². The zero-order valence-corrected chi connectivity index (χ0v) is 26.8. The fourth-order valence-corrected chi connectivity index (χ4v) is 13.3. The predicted molar refractivity (Wildman–Crippen MR) is 161 cm³/mol. The summed E-state index contributed by atoms with van der Waals surface area (Å²) in [5, 5.41) is 41.4. The average Bonchev–Trinajstić information content (AvgIpc) is 3.24. The van der Waals surface area contributed by atoms with E-state index in [4.69, 9.17) is 5.73 Å². The lowest BCUT2D eigenvalue weighted by Crippen LogP contribution is -2.65. The van der Waals surface area contributed by atoms with Crippen LogP contribution in [0.2, 0.25) is 0 Å². The Kier molecular flexibility index (Phi) is 8.17. The maximum absolute atomic E-state index is 10.8. The van der Waals surface area contributed by atoms with Crippen LogP contribution in [0.3, 0.4) is 0 Å². The molecule has 0 unspecified atom stereocenters. The molecule has 0 spiro atoms. The van der Waals surface area contributed by atoms with E-state index in [0.717, 1.165) is 17.8 Å². The van der Waals surface area contributed by atoms with E-state index in [1.165, 1.54) is 70.6 Å². The number of rotatable bonds is 7. The maximum Gasteiger partial charge on any atom is 0.109 e. The van der Waals surface area contributed by atoms with E-state index in [1.807, 2.05) is 0 Å². The summed E-state index contributed by atoms with van der Waals surface area (Å²) in [4.78, 5) is 0. The summed E-state index contributed by atoms with van der Waals surface area (Å²) in [5.74, 6) is 3.90. The Morgan fingerprint density at radius 2 is 1.23 bits per heavy atom. The fraction of sp³-hybridized carbons (Fsp3) is 1.00. The lowest BCUT2D eigenvalue weighted by molar-refractivity contribution is -0.241. The van der Waals surface area contributed by atoms with Crippen LogP contribution in [-0.2, 0) is 0 Å². The molecule has 0 aromatic heterocycles. The minimum Gasteiger partial charge on any atom is -0.390 e. The molecule has 0 amide bonds. The molecule has 0 aromatic rings. The van der Waals surface area contributed by atoms with Crippen molar-refractivity contribution in [2.75, 3.05) is 6.54 Å². The van der Waals surface area contributed by atoms with Crippen molar-refractivity contribution in [1.82, 2.24) is 0 Å². The maximum atomic E-state index is 10.8. The van der Waals surface area contributed by atoms with E-state index < -0.39 is 24.4 Å². The Morgan fingerprint density at radius 1 is 0.650 bits per heavy atom. The van der Waals surface area contributed by atoms with E-state index in [0.29, 0.717) is 45.3 Å². The van der Waals surface area contributed by atoms with Gasteiger partial charge in [-0.25, -0.2) is 0 Å². The molecule has 0 aromatic carbocycles. The fourth-order valence-electron chi connectivity index (χ4n) is 13.3. The van der Waals surface area contributed by atoms with E-state index in [9.17, 15) is 20.4 Å². The topological polar surface area (TPSA) is 107 Å². The van der Waals surface area contributed by atoms with Crippen LogP contribution in [0.25, 0.3) is 0 Å². The quantitative estimate of drug-likeness (QED) is 0.266. The summed E-state index contributed by atoms with van der Waals surface area (Å²) in [7, 11) is 0. The number of aliphatic hydroxyl groups excluding tert-OH is 4. The second-order valence-electron chi connectivity index (χ2n) is 17.4. The van der Waals surface area contributed by atoms with Gasteiger partial charge in [-0.3, -0.25) is 0 Å². The highest BCUT2D eigenvalue weighted by molar-refractivity contribution is 5.19. The first kappa shape index (κ1) is 31.2. The average molecular weight is 562 g/mol. The Labute approximate surface area is 245 Å². The summed E-state index contributed by atoms with van der Waals surface area (Å²) in [6.07, 6.45) is 10.2. The third kappa shape index (κ3) is 4.41. The number of hydrogen-bond donors (Lipinski definition) is 5. The van der Waals surface area contributed by atoms with Gasteiger partial charge in [0, 0.05) is 6.54 Å². The number of nitrogens with two attached hydrogens (primary N) is 1. The van der Waals surface area contributed by atoms with Crippen molar-refractivity contribution in [3.8, 4) is 0 Å². The Balaban J connectivity index is 1.34. The van der Waals surface area contributed by atoms with Crippen LogP contribution in [-0.4, -0.2) is 51.4 Å². The Bertz CT molecular complexity index is 925. The summed E-state index contributed by atoms with van der Waals surface area (Å²) in [5.41, 5.74) is 7.54. The molecular weight excluding hydrogens is 498 g/mol. The van der Waals surface area contributed by atoms with Crippen LogP contribution < -0.4 is 5.73 Å². The van der Waals surface area contributed by atoms with E-state index in [2.05, 4.69) is 48.5 Å². The molecule has 0 aliphatic heterocycles. The smallest absolute Gasteiger partial charge is 0.109 e. The predicted octanol–water partition coefficient (Wildman–Crippen LogP) is 5.91.